The third-order valence-electron chi connectivity index (χ3n) is 8.84. The van der Waals surface area contributed by atoms with E-state index < -0.39 is 0 Å². The molecule has 1 heterocycles. The molecule has 2 saturated carbocycles. The Kier molecular flexibility index (Phi) is 7.06. The van der Waals surface area contributed by atoms with Gasteiger partial charge in [0.15, 0.2) is 0 Å². The molecular weight excluding hydrogens is 370 g/mol. The van der Waals surface area contributed by atoms with E-state index >= 15 is 0 Å². The molecule has 1 aromatic carbocycles. The van der Waals surface area contributed by atoms with Crippen molar-refractivity contribution in [3.05, 3.63) is 29.8 Å². The van der Waals surface area contributed by atoms with Gasteiger partial charge in [0, 0.05) is 43.8 Å². The van der Waals surface area contributed by atoms with Crippen molar-refractivity contribution < 1.29 is 5.11 Å². The Balaban J connectivity index is 1.53. The van der Waals surface area contributed by atoms with Crippen LogP contribution in [0.1, 0.15) is 70.3 Å². The third-order valence-corrected chi connectivity index (χ3v) is 8.84. The lowest BCUT2D eigenvalue weighted by Crippen LogP contribution is -2.56. The fourth-order valence-corrected chi connectivity index (χ4v) is 6.60. The molecule has 1 unspecified atom stereocenters. The SMILES string of the molecule is CC(C1CCCCC1)N(C)C1(c2cccc(O)c2)CCC(N2CCN(C)CC2)CC1. The van der Waals surface area contributed by atoms with E-state index in [0.717, 1.165) is 12.0 Å². The van der Waals surface area contributed by atoms with Crippen molar-refractivity contribution in [2.75, 3.05) is 40.3 Å². The predicted molar refractivity (Wildman–Crippen MR) is 125 cm³/mol. The van der Waals surface area contributed by atoms with Gasteiger partial charge < -0.3 is 10.0 Å². The van der Waals surface area contributed by atoms with Crippen LogP contribution >= 0.6 is 0 Å². The average Bonchev–Trinajstić information content (AvgIpc) is 2.79. The normalized spacial score (nSPS) is 31.1. The van der Waals surface area contributed by atoms with Gasteiger partial charge in [0.2, 0.25) is 0 Å². The van der Waals surface area contributed by atoms with Gasteiger partial charge in [-0.25, -0.2) is 0 Å². The lowest BCUT2D eigenvalue weighted by Gasteiger charge is -2.53. The molecule has 0 spiro atoms. The van der Waals surface area contributed by atoms with Crippen molar-refractivity contribution in [1.82, 2.24) is 14.7 Å². The summed E-state index contributed by atoms with van der Waals surface area (Å²) in [6, 6.07) is 9.48. The molecule has 1 aromatic rings. The van der Waals surface area contributed by atoms with Gasteiger partial charge in [0.05, 0.1) is 0 Å². The van der Waals surface area contributed by atoms with Crippen molar-refractivity contribution in [1.29, 1.82) is 0 Å². The summed E-state index contributed by atoms with van der Waals surface area (Å²) in [5, 5.41) is 10.3. The van der Waals surface area contributed by atoms with Gasteiger partial charge in [-0.05, 0) is 83.2 Å². The lowest BCUT2D eigenvalue weighted by atomic mass is 9.71. The summed E-state index contributed by atoms with van der Waals surface area (Å²) in [5.74, 6) is 1.22. The van der Waals surface area contributed by atoms with E-state index in [1.807, 2.05) is 18.2 Å². The number of benzene rings is 1. The van der Waals surface area contributed by atoms with Crippen LogP contribution in [0.15, 0.2) is 24.3 Å². The highest BCUT2D eigenvalue weighted by Crippen LogP contribution is 2.46. The molecule has 0 aromatic heterocycles. The molecule has 4 nitrogen and oxygen atoms in total. The summed E-state index contributed by atoms with van der Waals surface area (Å²) >= 11 is 0. The van der Waals surface area contributed by atoms with Crippen LogP contribution in [-0.4, -0.2) is 72.2 Å². The number of phenolic OH excluding ortho intramolecular Hbond substituents is 1. The molecule has 0 radical (unpaired) electrons. The molecule has 4 rings (SSSR count). The minimum Gasteiger partial charge on any atom is -0.508 e. The van der Waals surface area contributed by atoms with Gasteiger partial charge in [-0.3, -0.25) is 9.80 Å². The second-order valence-electron chi connectivity index (χ2n) is 10.4. The number of aromatic hydroxyl groups is 1. The quantitative estimate of drug-likeness (QED) is 0.759. The standard InChI is InChI=1S/C26H43N3O/c1-21(22-8-5-4-6-9-22)28(3)26(23-10-7-11-25(30)20-23)14-12-24(13-15-26)29-18-16-27(2)17-19-29/h7,10-11,20-22,24,30H,4-6,8-9,12-19H2,1-3H3. The van der Waals surface area contributed by atoms with Crippen LogP contribution in [0, 0.1) is 5.92 Å². The summed E-state index contributed by atoms with van der Waals surface area (Å²) in [6.45, 7) is 7.30. The summed E-state index contributed by atoms with van der Waals surface area (Å²) in [7, 11) is 4.62. The molecule has 30 heavy (non-hydrogen) atoms. The van der Waals surface area contributed by atoms with E-state index in [1.165, 1.54) is 89.5 Å². The highest BCUT2D eigenvalue weighted by Gasteiger charge is 2.44. The molecular formula is C26H43N3O. The number of hydrogen-bond acceptors (Lipinski definition) is 4. The van der Waals surface area contributed by atoms with Gasteiger partial charge >= 0.3 is 0 Å². The summed E-state index contributed by atoms with van der Waals surface area (Å²) in [4.78, 5) is 7.92. The number of nitrogens with zero attached hydrogens (tertiary/aromatic N) is 3. The number of likely N-dealkylation sites (N-methyl/N-ethyl adjacent to an activating group) is 1. The highest BCUT2D eigenvalue weighted by atomic mass is 16.3. The molecule has 3 aliphatic rings. The Morgan fingerprint density at radius 1 is 1.00 bits per heavy atom. The second kappa shape index (κ2) is 9.58. The Hall–Kier alpha value is -1.10. The van der Waals surface area contributed by atoms with E-state index in [4.69, 9.17) is 0 Å². The molecule has 1 aliphatic heterocycles. The van der Waals surface area contributed by atoms with Crippen LogP contribution in [0.2, 0.25) is 0 Å². The van der Waals surface area contributed by atoms with Gasteiger partial charge in [-0.15, -0.1) is 0 Å². The van der Waals surface area contributed by atoms with Crippen LogP contribution in [0.5, 0.6) is 5.75 Å². The van der Waals surface area contributed by atoms with Gasteiger partial charge in [0.1, 0.15) is 5.75 Å². The van der Waals surface area contributed by atoms with E-state index in [-0.39, 0.29) is 5.54 Å². The van der Waals surface area contributed by atoms with Gasteiger partial charge in [-0.2, -0.15) is 0 Å². The first kappa shape index (κ1) is 22.1. The fraction of sp³-hybridized carbons (Fsp3) is 0.769. The topological polar surface area (TPSA) is 30.0 Å². The summed E-state index contributed by atoms with van der Waals surface area (Å²) in [5.41, 5.74) is 1.38. The number of rotatable bonds is 5. The van der Waals surface area contributed by atoms with Crippen molar-refractivity contribution in [2.45, 2.75) is 82.3 Å². The van der Waals surface area contributed by atoms with Crippen LogP contribution < -0.4 is 0 Å². The van der Waals surface area contributed by atoms with Gasteiger partial charge in [-0.1, -0.05) is 31.4 Å². The minimum absolute atomic E-state index is 0.0542. The monoisotopic (exact) mass is 413 g/mol. The van der Waals surface area contributed by atoms with E-state index in [1.54, 1.807) is 0 Å². The molecule has 0 amide bonds. The predicted octanol–water partition coefficient (Wildman–Crippen LogP) is 4.68. The lowest BCUT2D eigenvalue weighted by molar-refractivity contribution is -0.0161. The summed E-state index contributed by atoms with van der Waals surface area (Å²) < 4.78 is 0. The van der Waals surface area contributed by atoms with E-state index in [9.17, 15) is 5.11 Å². The van der Waals surface area contributed by atoms with Crippen molar-refractivity contribution in [3.8, 4) is 5.75 Å². The number of phenols is 1. The maximum absolute atomic E-state index is 10.3. The second-order valence-corrected chi connectivity index (χ2v) is 10.4. The zero-order valence-corrected chi connectivity index (χ0v) is 19.5. The Morgan fingerprint density at radius 2 is 1.67 bits per heavy atom. The Bertz CT molecular complexity index is 671. The molecule has 0 bridgehead atoms. The first-order valence-electron chi connectivity index (χ1n) is 12.4. The first-order valence-corrected chi connectivity index (χ1v) is 12.4. The molecule has 1 saturated heterocycles. The van der Waals surface area contributed by atoms with Crippen LogP contribution in [-0.2, 0) is 5.54 Å². The largest absolute Gasteiger partial charge is 0.508 e. The number of hydrogen-bond donors (Lipinski definition) is 1. The van der Waals surface area contributed by atoms with Crippen LogP contribution in [0.3, 0.4) is 0 Å². The van der Waals surface area contributed by atoms with E-state index in [2.05, 4.69) is 41.8 Å². The molecule has 1 N–H and O–H groups in total. The first-order chi connectivity index (χ1) is 14.5. The molecule has 3 fully saturated rings. The third kappa shape index (κ3) is 4.56. The van der Waals surface area contributed by atoms with Crippen molar-refractivity contribution in [3.63, 3.8) is 0 Å². The van der Waals surface area contributed by atoms with Crippen molar-refractivity contribution >= 4 is 0 Å². The van der Waals surface area contributed by atoms with Gasteiger partial charge in [0.25, 0.3) is 0 Å². The zero-order valence-electron chi connectivity index (χ0n) is 19.5. The smallest absolute Gasteiger partial charge is 0.115 e. The Labute approximate surface area is 184 Å². The van der Waals surface area contributed by atoms with E-state index in [0.29, 0.717) is 11.8 Å². The molecule has 2 aliphatic carbocycles. The molecule has 1 atom stereocenters. The highest BCUT2D eigenvalue weighted by molar-refractivity contribution is 5.33. The molecule has 4 heteroatoms. The average molecular weight is 414 g/mol. The minimum atomic E-state index is 0.0542. The number of piperazine rings is 1. The molecule has 168 valence electrons. The summed E-state index contributed by atoms with van der Waals surface area (Å²) in [6.07, 6.45) is 11.9. The Morgan fingerprint density at radius 3 is 2.30 bits per heavy atom. The van der Waals surface area contributed by atoms with Crippen molar-refractivity contribution in [2.24, 2.45) is 5.92 Å². The fourth-order valence-electron chi connectivity index (χ4n) is 6.60. The maximum atomic E-state index is 10.3. The zero-order chi connectivity index (χ0) is 21.1. The van der Waals surface area contributed by atoms with Crippen LogP contribution in [0.25, 0.3) is 0 Å². The van der Waals surface area contributed by atoms with Crippen LogP contribution in [0.4, 0.5) is 0 Å². The maximum Gasteiger partial charge on any atom is 0.115 e.